The average molecular weight is 414 g/mol. The fraction of sp³-hybridized carbons (Fsp3) is 0.273. The Labute approximate surface area is 175 Å². The summed E-state index contributed by atoms with van der Waals surface area (Å²) in [6, 6.07) is 17.4. The van der Waals surface area contributed by atoms with E-state index in [1.807, 2.05) is 12.1 Å². The van der Waals surface area contributed by atoms with Crippen molar-refractivity contribution < 1.29 is 4.79 Å². The van der Waals surface area contributed by atoms with E-state index in [4.69, 9.17) is 23.2 Å². The van der Waals surface area contributed by atoms with Crippen molar-refractivity contribution in [3.8, 4) is 6.07 Å². The number of nitriles is 1. The molecule has 0 saturated carbocycles. The minimum Gasteiger partial charge on any atom is -0.360 e. The SMILES string of the molecule is N#C/C(=C/Nc1ccc(Cl)c(Cl)c1)C(=O)N1CCC(Cc2ccccc2)CC1. The third-order valence-electron chi connectivity index (χ3n) is 4.92. The van der Waals surface area contributed by atoms with E-state index in [0.717, 1.165) is 19.3 Å². The number of nitrogens with zero attached hydrogens (tertiary/aromatic N) is 2. The molecule has 0 bridgehead atoms. The normalized spacial score (nSPS) is 15.2. The van der Waals surface area contributed by atoms with E-state index in [-0.39, 0.29) is 11.5 Å². The lowest BCUT2D eigenvalue weighted by molar-refractivity contribution is -0.128. The molecule has 1 aliphatic rings. The average Bonchev–Trinajstić information content (AvgIpc) is 2.72. The van der Waals surface area contributed by atoms with Crippen LogP contribution in [0.15, 0.2) is 60.3 Å². The number of benzene rings is 2. The molecule has 1 N–H and O–H groups in total. The Morgan fingerprint density at radius 1 is 1.14 bits per heavy atom. The number of carbonyl (C=O) groups is 1. The molecule has 3 rings (SSSR count). The molecular formula is C22H21Cl2N3O. The summed E-state index contributed by atoms with van der Waals surface area (Å²) in [5.41, 5.74) is 2.07. The van der Waals surface area contributed by atoms with Gasteiger partial charge in [0, 0.05) is 25.0 Å². The first-order valence-corrected chi connectivity index (χ1v) is 9.97. The molecule has 0 radical (unpaired) electrons. The van der Waals surface area contributed by atoms with Crippen molar-refractivity contribution in [3.63, 3.8) is 0 Å². The predicted molar refractivity (Wildman–Crippen MR) is 113 cm³/mol. The molecule has 0 unspecified atom stereocenters. The molecule has 1 fully saturated rings. The van der Waals surface area contributed by atoms with Crippen LogP contribution in [-0.2, 0) is 11.2 Å². The maximum Gasteiger partial charge on any atom is 0.266 e. The second kappa shape index (κ2) is 9.64. The van der Waals surface area contributed by atoms with Crippen molar-refractivity contribution in [2.24, 2.45) is 5.92 Å². The largest absolute Gasteiger partial charge is 0.360 e. The lowest BCUT2D eigenvalue weighted by atomic mass is 9.90. The van der Waals surface area contributed by atoms with Crippen LogP contribution in [0.5, 0.6) is 0 Å². The van der Waals surface area contributed by atoms with Crippen LogP contribution in [0.4, 0.5) is 5.69 Å². The second-order valence-electron chi connectivity index (χ2n) is 6.87. The van der Waals surface area contributed by atoms with Crippen LogP contribution < -0.4 is 5.32 Å². The minimum atomic E-state index is -0.242. The molecule has 0 aromatic heterocycles. The highest BCUT2D eigenvalue weighted by atomic mass is 35.5. The van der Waals surface area contributed by atoms with Crippen molar-refractivity contribution in [1.29, 1.82) is 5.26 Å². The number of nitrogens with one attached hydrogen (secondary N) is 1. The zero-order valence-corrected chi connectivity index (χ0v) is 16.9. The Balaban J connectivity index is 1.56. The monoisotopic (exact) mass is 413 g/mol. The molecule has 0 spiro atoms. The van der Waals surface area contributed by atoms with E-state index < -0.39 is 0 Å². The first-order chi connectivity index (χ1) is 13.6. The zero-order chi connectivity index (χ0) is 19.9. The van der Waals surface area contributed by atoms with Crippen molar-refractivity contribution in [1.82, 2.24) is 4.90 Å². The van der Waals surface area contributed by atoms with E-state index in [1.54, 1.807) is 23.1 Å². The standard InChI is InChI=1S/C22H21Cl2N3O/c23-20-7-6-19(13-21(20)24)26-15-18(14-25)22(28)27-10-8-17(9-11-27)12-16-4-2-1-3-5-16/h1-7,13,15,17,26H,8-12H2/b18-15-. The van der Waals surface area contributed by atoms with Gasteiger partial charge in [-0.25, -0.2) is 0 Å². The Morgan fingerprint density at radius 3 is 2.50 bits per heavy atom. The summed E-state index contributed by atoms with van der Waals surface area (Å²) in [5, 5.41) is 13.2. The number of rotatable bonds is 5. The summed E-state index contributed by atoms with van der Waals surface area (Å²) < 4.78 is 0. The number of hydrogen-bond acceptors (Lipinski definition) is 3. The number of piperidine rings is 1. The summed E-state index contributed by atoms with van der Waals surface area (Å²) in [5.74, 6) is 0.323. The molecule has 6 heteroatoms. The van der Waals surface area contributed by atoms with Gasteiger partial charge in [0.15, 0.2) is 0 Å². The second-order valence-corrected chi connectivity index (χ2v) is 7.68. The van der Waals surface area contributed by atoms with Crippen LogP contribution in [0, 0.1) is 17.2 Å². The molecule has 1 aliphatic heterocycles. The lowest BCUT2D eigenvalue weighted by Crippen LogP contribution is -2.39. The fourth-order valence-electron chi connectivity index (χ4n) is 3.34. The molecule has 1 amide bonds. The Morgan fingerprint density at radius 2 is 1.86 bits per heavy atom. The molecule has 0 aliphatic carbocycles. The van der Waals surface area contributed by atoms with Crippen LogP contribution in [-0.4, -0.2) is 23.9 Å². The highest BCUT2D eigenvalue weighted by molar-refractivity contribution is 6.42. The number of hydrogen-bond donors (Lipinski definition) is 1. The van der Waals surface area contributed by atoms with Gasteiger partial charge in [-0.15, -0.1) is 0 Å². The number of carbonyl (C=O) groups excluding carboxylic acids is 1. The van der Waals surface area contributed by atoms with Gasteiger partial charge in [0.05, 0.1) is 10.0 Å². The number of halogens is 2. The number of likely N-dealkylation sites (tertiary alicyclic amines) is 1. The van der Waals surface area contributed by atoms with Crippen LogP contribution in [0.25, 0.3) is 0 Å². The fourth-order valence-corrected chi connectivity index (χ4v) is 3.64. The Kier molecular flexibility index (Phi) is 6.97. The van der Waals surface area contributed by atoms with Crippen LogP contribution in [0.2, 0.25) is 10.0 Å². The van der Waals surface area contributed by atoms with Gasteiger partial charge in [-0.1, -0.05) is 53.5 Å². The van der Waals surface area contributed by atoms with Gasteiger partial charge in [-0.05, 0) is 48.9 Å². The quantitative estimate of drug-likeness (QED) is 0.534. The molecule has 2 aromatic rings. The van der Waals surface area contributed by atoms with Gasteiger partial charge in [0.2, 0.25) is 0 Å². The zero-order valence-electron chi connectivity index (χ0n) is 15.4. The van der Waals surface area contributed by atoms with E-state index in [9.17, 15) is 10.1 Å². The van der Waals surface area contributed by atoms with Crippen LogP contribution in [0.1, 0.15) is 18.4 Å². The van der Waals surface area contributed by atoms with Crippen molar-refractivity contribution in [3.05, 3.63) is 75.9 Å². The predicted octanol–water partition coefficient (Wildman–Crippen LogP) is 5.29. The summed E-state index contributed by atoms with van der Waals surface area (Å²) in [7, 11) is 0. The van der Waals surface area contributed by atoms with Gasteiger partial charge >= 0.3 is 0 Å². The third-order valence-corrected chi connectivity index (χ3v) is 5.66. The number of amides is 1. The molecule has 2 aromatic carbocycles. The third kappa shape index (κ3) is 5.28. The van der Waals surface area contributed by atoms with Gasteiger partial charge in [-0.2, -0.15) is 5.26 Å². The van der Waals surface area contributed by atoms with Crippen LogP contribution in [0.3, 0.4) is 0 Å². The maximum atomic E-state index is 12.7. The summed E-state index contributed by atoms with van der Waals surface area (Å²) >= 11 is 11.9. The lowest BCUT2D eigenvalue weighted by Gasteiger charge is -2.32. The van der Waals surface area contributed by atoms with Gasteiger partial charge < -0.3 is 10.2 Å². The van der Waals surface area contributed by atoms with Crippen molar-refractivity contribution >= 4 is 34.8 Å². The first kappa shape index (κ1) is 20.3. The van der Waals surface area contributed by atoms with Crippen LogP contribution >= 0.6 is 23.2 Å². The number of anilines is 1. The van der Waals surface area contributed by atoms with E-state index >= 15 is 0 Å². The Bertz CT molecular complexity index is 898. The van der Waals surface area contributed by atoms with Crippen molar-refractivity contribution in [2.75, 3.05) is 18.4 Å². The summed E-state index contributed by atoms with van der Waals surface area (Å²) in [6.45, 7) is 1.34. The van der Waals surface area contributed by atoms with E-state index in [2.05, 4.69) is 29.6 Å². The van der Waals surface area contributed by atoms with E-state index in [0.29, 0.717) is 34.7 Å². The molecule has 0 atom stereocenters. The smallest absolute Gasteiger partial charge is 0.266 e. The summed E-state index contributed by atoms with van der Waals surface area (Å²) in [6.07, 6.45) is 4.35. The van der Waals surface area contributed by atoms with Crippen molar-refractivity contribution in [2.45, 2.75) is 19.3 Å². The molecule has 1 saturated heterocycles. The first-order valence-electron chi connectivity index (χ1n) is 9.22. The van der Waals surface area contributed by atoms with Gasteiger partial charge in [0.1, 0.15) is 11.6 Å². The minimum absolute atomic E-state index is 0.0765. The van der Waals surface area contributed by atoms with Gasteiger partial charge in [-0.3, -0.25) is 4.79 Å². The molecule has 1 heterocycles. The topological polar surface area (TPSA) is 56.1 Å². The maximum absolute atomic E-state index is 12.7. The highest BCUT2D eigenvalue weighted by Gasteiger charge is 2.25. The molecule has 4 nitrogen and oxygen atoms in total. The molecule has 144 valence electrons. The highest BCUT2D eigenvalue weighted by Crippen LogP contribution is 2.25. The molecular weight excluding hydrogens is 393 g/mol. The van der Waals surface area contributed by atoms with Gasteiger partial charge in [0.25, 0.3) is 5.91 Å². The Hall–Kier alpha value is -2.48. The summed E-state index contributed by atoms with van der Waals surface area (Å²) in [4.78, 5) is 14.4. The molecule has 28 heavy (non-hydrogen) atoms. The van der Waals surface area contributed by atoms with E-state index in [1.165, 1.54) is 11.8 Å².